The number of aromatic nitrogens is 1. The Balaban J connectivity index is 1.55. The molecule has 1 aromatic carbocycles. The fourth-order valence-electron chi connectivity index (χ4n) is 2.98. The Morgan fingerprint density at radius 2 is 1.96 bits per heavy atom. The Labute approximate surface area is 166 Å². The molecule has 0 saturated carbocycles. The standard InChI is InChI=1S/C20H21N3O4S/c24-18(22-27)9-3-1-2-6-10-23-19(25)17(28-20(23)26)12-14-11-15-7-4-5-8-16(15)21-13-14/h4-5,7-8,11-13,27H,1-3,6,9-10H2,(H,22,24). The topological polar surface area (TPSA) is 99.6 Å². The Morgan fingerprint density at radius 1 is 1.18 bits per heavy atom. The molecular weight excluding hydrogens is 378 g/mol. The van der Waals surface area contributed by atoms with Gasteiger partial charge >= 0.3 is 0 Å². The molecule has 3 amide bonds. The lowest BCUT2D eigenvalue weighted by Crippen LogP contribution is -2.29. The summed E-state index contributed by atoms with van der Waals surface area (Å²) in [5.41, 5.74) is 3.26. The van der Waals surface area contributed by atoms with Crippen LogP contribution in [0.15, 0.2) is 41.4 Å². The van der Waals surface area contributed by atoms with Crippen molar-refractivity contribution in [1.29, 1.82) is 0 Å². The van der Waals surface area contributed by atoms with E-state index < -0.39 is 5.91 Å². The van der Waals surface area contributed by atoms with Crippen LogP contribution in [-0.4, -0.2) is 38.7 Å². The van der Waals surface area contributed by atoms with E-state index in [1.807, 2.05) is 30.3 Å². The molecule has 28 heavy (non-hydrogen) atoms. The number of imide groups is 1. The zero-order chi connectivity index (χ0) is 19.9. The van der Waals surface area contributed by atoms with Gasteiger partial charge in [0.2, 0.25) is 5.91 Å². The average Bonchev–Trinajstić information content (AvgIpc) is 2.97. The van der Waals surface area contributed by atoms with Gasteiger partial charge in [-0.15, -0.1) is 0 Å². The van der Waals surface area contributed by atoms with E-state index in [9.17, 15) is 14.4 Å². The largest absolute Gasteiger partial charge is 0.293 e. The molecule has 0 bridgehead atoms. The maximum atomic E-state index is 12.5. The fraction of sp³-hybridized carbons (Fsp3) is 0.300. The summed E-state index contributed by atoms with van der Waals surface area (Å²) in [6, 6.07) is 9.66. The highest BCUT2D eigenvalue weighted by Crippen LogP contribution is 2.32. The number of pyridine rings is 1. The molecule has 2 heterocycles. The number of nitrogens with one attached hydrogen (secondary N) is 1. The number of hydrogen-bond acceptors (Lipinski definition) is 6. The molecule has 8 heteroatoms. The molecule has 1 aliphatic rings. The Bertz CT molecular complexity index is 929. The first-order valence-corrected chi connectivity index (χ1v) is 9.93. The number of benzene rings is 1. The van der Waals surface area contributed by atoms with Gasteiger partial charge in [0.1, 0.15) is 0 Å². The van der Waals surface area contributed by atoms with Crippen LogP contribution in [0, 0.1) is 0 Å². The van der Waals surface area contributed by atoms with Crippen LogP contribution in [0.5, 0.6) is 0 Å². The minimum absolute atomic E-state index is 0.260. The molecule has 1 aliphatic heterocycles. The van der Waals surface area contributed by atoms with Crippen molar-refractivity contribution in [3.05, 3.63) is 47.0 Å². The maximum Gasteiger partial charge on any atom is 0.293 e. The van der Waals surface area contributed by atoms with Crippen LogP contribution in [0.25, 0.3) is 17.0 Å². The number of carbonyl (C=O) groups excluding carboxylic acids is 3. The Hall–Kier alpha value is -2.71. The van der Waals surface area contributed by atoms with E-state index in [0.717, 1.165) is 41.1 Å². The molecule has 3 rings (SSSR count). The first-order valence-electron chi connectivity index (χ1n) is 9.11. The molecular formula is C20H21N3O4S. The van der Waals surface area contributed by atoms with Gasteiger partial charge < -0.3 is 0 Å². The van der Waals surface area contributed by atoms with E-state index >= 15 is 0 Å². The van der Waals surface area contributed by atoms with Gasteiger partial charge in [-0.3, -0.25) is 29.5 Å². The zero-order valence-electron chi connectivity index (χ0n) is 15.3. The summed E-state index contributed by atoms with van der Waals surface area (Å²) >= 11 is 0.947. The second-order valence-corrected chi connectivity index (χ2v) is 7.49. The van der Waals surface area contributed by atoms with Crippen molar-refractivity contribution in [2.45, 2.75) is 32.1 Å². The van der Waals surface area contributed by atoms with Crippen LogP contribution in [-0.2, 0) is 9.59 Å². The minimum Gasteiger partial charge on any atom is -0.289 e. The van der Waals surface area contributed by atoms with Crippen LogP contribution in [0.3, 0.4) is 0 Å². The molecule has 7 nitrogen and oxygen atoms in total. The van der Waals surface area contributed by atoms with Gasteiger partial charge in [0, 0.05) is 24.5 Å². The van der Waals surface area contributed by atoms with Crippen molar-refractivity contribution in [3.63, 3.8) is 0 Å². The third kappa shape index (κ3) is 4.96. The third-order valence-corrected chi connectivity index (χ3v) is 5.35. The smallest absolute Gasteiger partial charge is 0.289 e. The van der Waals surface area contributed by atoms with Gasteiger partial charge in [0.15, 0.2) is 0 Å². The first-order chi connectivity index (χ1) is 13.6. The van der Waals surface area contributed by atoms with Gasteiger partial charge in [-0.1, -0.05) is 31.0 Å². The van der Waals surface area contributed by atoms with Crippen LogP contribution in [0.4, 0.5) is 4.79 Å². The second kappa shape index (κ2) is 9.48. The average molecular weight is 399 g/mol. The van der Waals surface area contributed by atoms with Crippen molar-refractivity contribution >= 4 is 45.8 Å². The highest BCUT2D eigenvalue weighted by molar-refractivity contribution is 8.18. The van der Waals surface area contributed by atoms with Crippen molar-refractivity contribution in [3.8, 4) is 0 Å². The minimum atomic E-state index is -0.403. The number of carbonyl (C=O) groups is 3. The van der Waals surface area contributed by atoms with Crippen LogP contribution in [0.1, 0.15) is 37.7 Å². The summed E-state index contributed by atoms with van der Waals surface area (Å²) in [5, 5.41) is 9.15. The number of hydroxylamine groups is 1. The van der Waals surface area contributed by atoms with E-state index in [-0.39, 0.29) is 17.6 Å². The molecule has 1 saturated heterocycles. The maximum absolute atomic E-state index is 12.5. The highest BCUT2D eigenvalue weighted by atomic mass is 32.2. The number of amides is 3. The Morgan fingerprint density at radius 3 is 2.79 bits per heavy atom. The predicted octanol–water partition coefficient (Wildman–Crippen LogP) is 3.73. The van der Waals surface area contributed by atoms with Crippen LogP contribution in [0.2, 0.25) is 0 Å². The van der Waals surface area contributed by atoms with Crippen LogP contribution >= 0.6 is 11.8 Å². The highest BCUT2D eigenvalue weighted by Gasteiger charge is 2.34. The zero-order valence-corrected chi connectivity index (χ0v) is 16.1. The van der Waals surface area contributed by atoms with Crippen molar-refractivity contribution in [2.75, 3.05) is 6.54 Å². The summed E-state index contributed by atoms with van der Waals surface area (Å²) in [5.74, 6) is -0.679. The molecule has 0 atom stereocenters. The molecule has 146 valence electrons. The van der Waals surface area contributed by atoms with Crippen LogP contribution < -0.4 is 5.48 Å². The van der Waals surface area contributed by atoms with Crippen molar-refractivity contribution in [2.24, 2.45) is 0 Å². The summed E-state index contributed by atoms with van der Waals surface area (Å²) in [6.45, 7) is 0.365. The van der Waals surface area contributed by atoms with E-state index in [0.29, 0.717) is 24.3 Å². The number of fused-ring (bicyclic) bond motifs is 1. The quantitative estimate of drug-likeness (QED) is 0.304. The summed E-state index contributed by atoms with van der Waals surface area (Å²) < 4.78 is 0. The number of unbranched alkanes of at least 4 members (excludes halogenated alkanes) is 3. The lowest BCUT2D eigenvalue weighted by Gasteiger charge is -2.11. The van der Waals surface area contributed by atoms with Crippen molar-refractivity contribution < 1.29 is 19.6 Å². The summed E-state index contributed by atoms with van der Waals surface area (Å²) in [7, 11) is 0. The molecule has 0 radical (unpaired) electrons. The lowest BCUT2D eigenvalue weighted by atomic mass is 10.1. The van der Waals surface area contributed by atoms with Gasteiger partial charge in [0.05, 0.1) is 10.4 Å². The second-order valence-electron chi connectivity index (χ2n) is 6.49. The Kier molecular flexibility index (Phi) is 6.78. The monoisotopic (exact) mass is 399 g/mol. The molecule has 0 aliphatic carbocycles. The number of thioether (sulfide) groups is 1. The molecule has 0 spiro atoms. The number of nitrogens with zero attached hydrogens (tertiary/aromatic N) is 2. The molecule has 1 fully saturated rings. The van der Waals surface area contributed by atoms with Gasteiger partial charge in [0.25, 0.3) is 11.1 Å². The molecule has 2 N–H and O–H groups in total. The van der Waals surface area contributed by atoms with E-state index in [1.165, 1.54) is 4.90 Å². The van der Waals surface area contributed by atoms with Crippen molar-refractivity contribution in [1.82, 2.24) is 15.4 Å². The van der Waals surface area contributed by atoms with E-state index in [4.69, 9.17) is 5.21 Å². The predicted molar refractivity (Wildman–Crippen MR) is 107 cm³/mol. The van der Waals surface area contributed by atoms with E-state index in [1.54, 1.807) is 17.8 Å². The number of hydrogen-bond donors (Lipinski definition) is 2. The molecule has 1 aromatic heterocycles. The molecule has 2 aromatic rings. The van der Waals surface area contributed by atoms with Gasteiger partial charge in [-0.2, -0.15) is 0 Å². The van der Waals surface area contributed by atoms with Gasteiger partial charge in [-0.25, -0.2) is 5.48 Å². The number of rotatable bonds is 8. The molecule has 0 unspecified atom stereocenters. The SMILES string of the molecule is O=C(CCCCCCN1C(=O)SC(=Cc2cnc3ccccc3c2)C1=O)NO. The lowest BCUT2D eigenvalue weighted by molar-refractivity contribution is -0.129. The fourth-order valence-corrected chi connectivity index (χ4v) is 3.84. The normalized spacial score (nSPS) is 15.6. The summed E-state index contributed by atoms with van der Waals surface area (Å²) in [6.07, 6.45) is 6.60. The van der Waals surface area contributed by atoms with Gasteiger partial charge in [-0.05, 0) is 48.4 Å². The summed E-state index contributed by atoms with van der Waals surface area (Å²) in [4.78, 5) is 41.7. The van der Waals surface area contributed by atoms with E-state index in [2.05, 4.69) is 4.98 Å². The number of para-hydroxylation sites is 1. The first kappa shape index (κ1) is 20.0. The third-order valence-electron chi connectivity index (χ3n) is 4.44.